The minimum absolute atomic E-state index is 0.113. The van der Waals surface area contributed by atoms with Crippen LogP contribution in [0.15, 0.2) is 23.4 Å². The molecule has 0 fully saturated rings. The third-order valence-corrected chi connectivity index (χ3v) is 2.88. The number of nitrogens with zero attached hydrogens (tertiary/aromatic N) is 4. The van der Waals surface area contributed by atoms with Crippen LogP contribution in [0.2, 0.25) is 0 Å². The average molecular weight is 305 g/mol. The second kappa shape index (κ2) is 6.12. The zero-order chi connectivity index (χ0) is 16.3. The maximum absolute atomic E-state index is 11.0. The van der Waals surface area contributed by atoms with Crippen LogP contribution in [0.5, 0.6) is 11.5 Å². The summed E-state index contributed by atoms with van der Waals surface area (Å²) >= 11 is 0. The Balaban J connectivity index is 2.46. The van der Waals surface area contributed by atoms with Crippen molar-refractivity contribution in [3.63, 3.8) is 0 Å². The number of nitrogen functional groups attached to an aromatic ring is 1. The molecule has 0 aliphatic rings. The number of methoxy groups -OCH3 is 2. The molecule has 0 aliphatic carbocycles. The van der Waals surface area contributed by atoms with E-state index in [1.54, 1.807) is 13.1 Å². The third-order valence-electron chi connectivity index (χ3n) is 2.88. The summed E-state index contributed by atoms with van der Waals surface area (Å²) < 4.78 is 11.6. The quantitative estimate of drug-likeness (QED) is 0.509. The number of nitro groups is 1. The lowest BCUT2D eigenvalue weighted by molar-refractivity contribution is -0.385. The number of nitro benzene ring substituents is 1. The van der Waals surface area contributed by atoms with Gasteiger partial charge in [0.1, 0.15) is 5.75 Å². The lowest BCUT2D eigenvalue weighted by Crippen LogP contribution is -2.00. The molecule has 2 N–H and O–H groups in total. The Bertz CT molecular complexity index is 738. The van der Waals surface area contributed by atoms with Gasteiger partial charge in [0.05, 0.1) is 43.3 Å². The van der Waals surface area contributed by atoms with Gasteiger partial charge in [-0.05, 0) is 13.0 Å². The number of aryl methyl sites for hydroxylation is 1. The van der Waals surface area contributed by atoms with Crippen molar-refractivity contribution < 1.29 is 14.4 Å². The number of nitrogens with two attached hydrogens (primary N) is 1. The molecule has 0 unspecified atom stereocenters. The molecule has 0 bridgehead atoms. The molecule has 0 amide bonds. The summed E-state index contributed by atoms with van der Waals surface area (Å²) in [6, 6.07) is 2.75. The molecule has 22 heavy (non-hydrogen) atoms. The Labute approximate surface area is 126 Å². The second-order valence-corrected chi connectivity index (χ2v) is 4.35. The molecular formula is C13H15N5O4. The molecule has 0 atom stereocenters. The molecule has 1 heterocycles. The number of hydrogen-bond donors (Lipinski definition) is 1. The molecule has 0 saturated carbocycles. The maximum atomic E-state index is 11.0. The first-order chi connectivity index (χ1) is 10.5. The lowest BCUT2D eigenvalue weighted by Gasteiger charge is -2.08. The first-order valence-corrected chi connectivity index (χ1v) is 6.22. The summed E-state index contributed by atoms with van der Waals surface area (Å²) in [7, 11) is 2.77. The Kier molecular flexibility index (Phi) is 4.25. The topological polar surface area (TPSA) is 118 Å². The highest BCUT2D eigenvalue weighted by Crippen LogP contribution is 2.33. The van der Waals surface area contributed by atoms with Crippen LogP contribution in [0.4, 0.5) is 11.6 Å². The molecule has 1 aromatic heterocycles. The fraction of sp³-hybridized carbons (Fsp3) is 0.231. The van der Waals surface area contributed by atoms with E-state index in [0.717, 1.165) is 5.69 Å². The van der Waals surface area contributed by atoms with Gasteiger partial charge in [-0.3, -0.25) is 10.1 Å². The van der Waals surface area contributed by atoms with Gasteiger partial charge in [-0.15, -0.1) is 0 Å². The maximum Gasteiger partial charge on any atom is 0.314 e. The second-order valence-electron chi connectivity index (χ2n) is 4.35. The van der Waals surface area contributed by atoms with E-state index in [0.29, 0.717) is 11.3 Å². The highest BCUT2D eigenvalue weighted by Gasteiger charge is 2.19. The first-order valence-electron chi connectivity index (χ1n) is 6.22. The Hall–Kier alpha value is -3.10. The molecule has 0 aliphatic heterocycles. The largest absolute Gasteiger partial charge is 0.496 e. The van der Waals surface area contributed by atoms with Crippen molar-refractivity contribution in [2.45, 2.75) is 6.92 Å². The molecule has 0 radical (unpaired) electrons. The number of aromatic nitrogens is 2. The van der Waals surface area contributed by atoms with E-state index >= 15 is 0 Å². The minimum Gasteiger partial charge on any atom is -0.496 e. The summed E-state index contributed by atoms with van der Waals surface area (Å²) in [5.41, 5.74) is 6.74. The number of rotatable bonds is 5. The van der Waals surface area contributed by atoms with Crippen LogP contribution in [0.25, 0.3) is 0 Å². The number of ether oxygens (including phenoxy) is 2. The van der Waals surface area contributed by atoms with Gasteiger partial charge in [-0.25, -0.2) is 9.66 Å². The van der Waals surface area contributed by atoms with Crippen LogP contribution in [-0.2, 0) is 0 Å². The molecule has 2 rings (SSSR count). The van der Waals surface area contributed by atoms with Gasteiger partial charge in [0, 0.05) is 5.56 Å². The zero-order valence-electron chi connectivity index (χ0n) is 12.3. The minimum atomic E-state index is -0.542. The summed E-state index contributed by atoms with van der Waals surface area (Å²) in [5, 5.41) is 15.1. The van der Waals surface area contributed by atoms with E-state index < -0.39 is 4.92 Å². The van der Waals surface area contributed by atoms with Crippen LogP contribution in [-0.4, -0.2) is 35.0 Å². The van der Waals surface area contributed by atoms with Gasteiger partial charge in [0.15, 0.2) is 5.75 Å². The van der Waals surface area contributed by atoms with Crippen molar-refractivity contribution in [2.75, 3.05) is 20.0 Å². The fourth-order valence-electron chi connectivity index (χ4n) is 1.87. The predicted octanol–water partition coefficient (Wildman–Crippen LogP) is 1.58. The van der Waals surface area contributed by atoms with Crippen molar-refractivity contribution in [3.8, 4) is 11.5 Å². The number of benzene rings is 1. The smallest absolute Gasteiger partial charge is 0.314 e. The monoisotopic (exact) mass is 305 g/mol. The average Bonchev–Trinajstić information content (AvgIpc) is 2.81. The summed E-state index contributed by atoms with van der Waals surface area (Å²) in [6.45, 7) is 1.79. The molecule has 9 heteroatoms. The van der Waals surface area contributed by atoms with E-state index in [1.165, 1.54) is 37.2 Å². The van der Waals surface area contributed by atoms with E-state index in [1.807, 2.05) is 0 Å². The summed E-state index contributed by atoms with van der Waals surface area (Å²) in [4.78, 5) is 14.5. The van der Waals surface area contributed by atoms with Gasteiger partial charge in [0.2, 0.25) is 5.95 Å². The molecule has 2 aromatic rings. The Morgan fingerprint density at radius 2 is 2.05 bits per heavy atom. The molecule has 0 spiro atoms. The van der Waals surface area contributed by atoms with Crippen molar-refractivity contribution in [3.05, 3.63) is 39.7 Å². The molecule has 9 nitrogen and oxygen atoms in total. The van der Waals surface area contributed by atoms with Crippen molar-refractivity contribution in [1.29, 1.82) is 0 Å². The van der Waals surface area contributed by atoms with Crippen LogP contribution in [0.3, 0.4) is 0 Å². The molecule has 0 saturated heterocycles. The van der Waals surface area contributed by atoms with E-state index in [4.69, 9.17) is 15.2 Å². The SMILES string of the molecule is COc1cc([N+](=O)[O-])c(OC)cc1C=Nn1cc(C)nc1N. The standard InChI is InChI=1S/C13H15N5O4/c1-8-7-17(13(14)16-8)15-6-9-4-12(22-3)10(18(19)20)5-11(9)21-2/h4-7H,1-3H3,(H2,14,16). The van der Waals surface area contributed by atoms with Crippen LogP contribution in [0, 0.1) is 17.0 Å². The van der Waals surface area contributed by atoms with Crippen molar-refractivity contribution in [2.24, 2.45) is 5.10 Å². The van der Waals surface area contributed by atoms with Crippen molar-refractivity contribution in [1.82, 2.24) is 9.66 Å². The Morgan fingerprint density at radius 1 is 1.36 bits per heavy atom. The molecule has 116 valence electrons. The lowest BCUT2D eigenvalue weighted by atomic mass is 10.2. The summed E-state index contributed by atoms with van der Waals surface area (Å²) in [5.74, 6) is 0.648. The van der Waals surface area contributed by atoms with Crippen LogP contribution in [0.1, 0.15) is 11.3 Å². The summed E-state index contributed by atoms with van der Waals surface area (Å²) in [6.07, 6.45) is 3.11. The van der Waals surface area contributed by atoms with E-state index in [-0.39, 0.29) is 17.4 Å². The Morgan fingerprint density at radius 3 is 2.55 bits per heavy atom. The number of imidazole rings is 1. The highest BCUT2D eigenvalue weighted by atomic mass is 16.6. The van der Waals surface area contributed by atoms with Gasteiger partial charge in [-0.1, -0.05) is 0 Å². The molecular weight excluding hydrogens is 290 g/mol. The van der Waals surface area contributed by atoms with Gasteiger partial charge in [-0.2, -0.15) is 5.10 Å². The normalized spacial score (nSPS) is 10.9. The predicted molar refractivity (Wildman–Crippen MR) is 80.6 cm³/mol. The van der Waals surface area contributed by atoms with Gasteiger partial charge < -0.3 is 15.2 Å². The van der Waals surface area contributed by atoms with Gasteiger partial charge >= 0.3 is 5.69 Å². The number of hydrogen-bond acceptors (Lipinski definition) is 7. The van der Waals surface area contributed by atoms with Gasteiger partial charge in [0.25, 0.3) is 0 Å². The molecule has 1 aromatic carbocycles. The van der Waals surface area contributed by atoms with Crippen LogP contribution < -0.4 is 15.2 Å². The van der Waals surface area contributed by atoms with E-state index in [9.17, 15) is 10.1 Å². The van der Waals surface area contributed by atoms with Crippen molar-refractivity contribution >= 4 is 17.9 Å². The highest BCUT2D eigenvalue weighted by molar-refractivity contribution is 5.85. The zero-order valence-corrected chi connectivity index (χ0v) is 12.3. The fourth-order valence-corrected chi connectivity index (χ4v) is 1.87. The third kappa shape index (κ3) is 2.97. The van der Waals surface area contributed by atoms with Crippen LogP contribution >= 0.6 is 0 Å². The first kappa shape index (κ1) is 15.3. The van der Waals surface area contributed by atoms with E-state index in [2.05, 4.69) is 10.1 Å². The number of anilines is 1.